The quantitative estimate of drug-likeness (QED) is 0.494. The summed E-state index contributed by atoms with van der Waals surface area (Å²) in [6.07, 6.45) is -0.201. The monoisotopic (exact) mass is 468 g/mol. The number of nitrogens with zero attached hydrogens (tertiary/aromatic N) is 2. The lowest BCUT2D eigenvalue weighted by Crippen LogP contribution is -2.30. The molecule has 2 aliphatic heterocycles. The van der Waals surface area contributed by atoms with Crippen LogP contribution in [-0.4, -0.2) is 17.4 Å². The summed E-state index contributed by atoms with van der Waals surface area (Å²) in [5.41, 5.74) is 5.59. The number of alkyl halides is 3. The first-order valence-electron chi connectivity index (χ1n) is 8.88. The molecule has 0 saturated carbocycles. The predicted molar refractivity (Wildman–Crippen MR) is 109 cm³/mol. The number of anilines is 2. The van der Waals surface area contributed by atoms with Gasteiger partial charge >= 0.3 is 12.2 Å². The number of carbonyl (C=O) groups is 1. The van der Waals surface area contributed by atoms with Crippen molar-refractivity contribution >= 4 is 35.3 Å². The van der Waals surface area contributed by atoms with E-state index < -0.39 is 28.6 Å². The molecule has 0 bridgehead atoms. The Kier molecular flexibility index (Phi) is 5.53. The normalized spacial score (nSPS) is 14.6. The van der Waals surface area contributed by atoms with Crippen molar-refractivity contribution < 1.29 is 27.2 Å². The molecule has 0 saturated heterocycles. The molecule has 2 aromatic carbocycles. The van der Waals surface area contributed by atoms with Gasteiger partial charge in [-0.3, -0.25) is 5.43 Å². The summed E-state index contributed by atoms with van der Waals surface area (Å²) < 4.78 is 53.3. The Labute approximate surface area is 183 Å². The average molecular weight is 469 g/mol. The van der Waals surface area contributed by atoms with E-state index in [0.717, 1.165) is 12.1 Å². The molecule has 13 heteroatoms. The van der Waals surface area contributed by atoms with E-state index in [-0.39, 0.29) is 17.1 Å². The van der Waals surface area contributed by atoms with Crippen LogP contribution in [0.4, 0.5) is 33.7 Å². The van der Waals surface area contributed by atoms with Gasteiger partial charge in [-0.25, -0.2) is 14.2 Å². The molecule has 0 aromatic heterocycles. The molecule has 0 radical (unpaired) electrons. The van der Waals surface area contributed by atoms with Gasteiger partial charge in [0, 0.05) is 23.6 Å². The van der Waals surface area contributed by atoms with Crippen LogP contribution >= 0.6 is 11.6 Å². The van der Waals surface area contributed by atoms with Crippen LogP contribution in [0.5, 0.6) is 5.75 Å². The van der Waals surface area contributed by atoms with Crippen molar-refractivity contribution in [3.63, 3.8) is 0 Å². The number of hydrogen-bond donors (Lipinski definition) is 4. The fourth-order valence-corrected chi connectivity index (χ4v) is 3.01. The summed E-state index contributed by atoms with van der Waals surface area (Å²) in [5, 5.41) is 5.31. The molecule has 32 heavy (non-hydrogen) atoms. The van der Waals surface area contributed by atoms with Crippen molar-refractivity contribution in [3.8, 4) is 5.75 Å². The minimum Gasteiger partial charge on any atom is -0.371 e. The lowest BCUT2D eigenvalue weighted by Gasteiger charge is -2.23. The van der Waals surface area contributed by atoms with Crippen LogP contribution in [-0.2, 0) is 6.18 Å². The summed E-state index contributed by atoms with van der Waals surface area (Å²) >= 11 is 5.55. The Morgan fingerprint density at radius 1 is 1.12 bits per heavy atom. The Balaban J connectivity index is 1.41. The zero-order chi connectivity index (χ0) is 22.9. The zero-order valence-electron chi connectivity index (χ0n) is 15.8. The number of aliphatic imine (C=N–C) groups is 1. The number of hydroxylamine groups is 2. The van der Waals surface area contributed by atoms with Crippen LogP contribution in [0.3, 0.4) is 0 Å². The van der Waals surface area contributed by atoms with Crippen LogP contribution in [0, 0.1) is 5.82 Å². The van der Waals surface area contributed by atoms with Crippen molar-refractivity contribution in [2.75, 3.05) is 10.6 Å². The number of rotatable bonds is 4. The maximum absolute atomic E-state index is 14.5. The molecule has 0 aliphatic carbocycles. The second-order valence-corrected chi connectivity index (χ2v) is 6.85. The SMILES string of the molecule is O=C(Nc1ccc(ON2C=NC=C3NNC=C32)c(F)c1)Nc1ccc(Cl)c(C(F)(F)F)c1. The number of amides is 2. The highest BCUT2D eigenvalue weighted by atomic mass is 35.5. The van der Waals surface area contributed by atoms with E-state index in [9.17, 15) is 22.4 Å². The van der Waals surface area contributed by atoms with Crippen LogP contribution in [0.25, 0.3) is 0 Å². The van der Waals surface area contributed by atoms with Gasteiger partial charge in [0.05, 0.1) is 16.8 Å². The lowest BCUT2D eigenvalue weighted by molar-refractivity contribution is -0.137. The number of urea groups is 1. The number of benzene rings is 2. The first kappa shape index (κ1) is 21.3. The fourth-order valence-electron chi connectivity index (χ4n) is 2.78. The zero-order valence-corrected chi connectivity index (χ0v) is 16.6. The van der Waals surface area contributed by atoms with Gasteiger partial charge in [0.15, 0.2) is 11.6 Å². The van der Waals surface area contributed by atoms with Gasteiger partial charge in [-0.05, 0) is 30.3 Å². The predicted octanol–water partition coefficient (Wildman–Crippen LogP) is 4.57. The van der Waals surface area contributed by atoms with E-state index in [0.29, 0.717) is 17.5 Å². The maximum atomic E-state index is 14.5. The van der Waals surface area contributed by atoms with Gasteiger partial charge in [-0.15, -0.1) is 0 Å². The summed E-state index contributed by atoms with van der Waals surface area (Å²) in [5.74, 6) is -0.943. The molecular formula is C19H13ClF4N6O2. The molecule has 2 aromatic rings. The van der Waals surface area contributed by atoms with E-state index in [4.69, 9.17) is 16.4 Å². The summed E-state index contributed by atoms with van der Waals surface area (Å²) in [7, 11) is 0. The van der Waals surface area contributed by atoms with E-state index in [1.165, 1.54) is 29.6 Å². The molecule has 2 aliphatic rings. The van der Waals surface area contributed by atoms with Crippen LogP contribution < -0.4 is 26.3 Å². The Morgan fingerprint density at radius 3 is 2.56 bits per heavy atom. The Bertz CT molecular complexity index is 1160. The third-order valence-corrected chi connectivity index (χ3v) is 4.55. The minimum absolute atomic E-state index is 0.0497. The highest BCUT2D eigenvalue weighted by Gasteiger charge is 2.33. The molecule has 2 amide bonds. The van der Waals surface area contributed by atoms with Crippen molar-refractivity contribution in [2.45, 2.75) is 6.18 Å². The van der Waals surface area contributed by atoms with Crippen molar-refractivity contribution in [1.29, 1.82) is 0 Å². The molecule has 8 nitrogen and oxygen atoms in total. The van der Waals surface area contributed by atoms with Gasteiger partial charge in [0.1, 0.15) is 17.7 Å². The Morgan fingerprint density at radius 2 is 1.84 bits per heavy atom. The highest BCUT2D eigenvalue weighted by Crippen LogP contribution is 2.36. The number of halogens is 5. The first-order chi connectivity index (χ1) is 15.2. The summed E-state index contributed by atoms with van der Waals surface area (Å²) in [6, 6.07) is 5.68. The van der Waals surface area contributed by atoms with Crippen molar-refractivity contribution in [2.24, 2.45) is 4.99 Å². The second-order valence-electron chi connectivity index (χ2n) is 6.44. The number of fused-ring (bicyclic) bond motifs is 1. The molecule has 4 rings (SSSR count). The van der Waals surface area contributed by atoms with Gasteiger partial charge in [0.2, 0.25) is 0 Å². The minimum atomic E-state index is -4.68. The average Bonchev–Trinajstić information content (AvgIpc) is 3.20. The third kappa shape index (κ3) is 4.54. The molecule has 0 spiro atoms. The number of hydrogen-bond acceptors (Lipinski definition) is 6. The maximum Gasteiger partial charge on any atom is 0.417 e. The van der Waals surface area contributed by atoms with E-state index in [1.807, 2.05) is 0 Å². The molecule has 0 fully saturated rings. The lowest BCUT2D eigenvalue weighted by atomic mass is 10.2. The molecule has 2 heterocycles. The van der Waals surface area contributed by atoms with E-state index in [1.54, 1.807) is 12.4 Å². The van der Waals surface area contributed by atoms with Crippen molar-refractivity contribution in [3.05, 3.63) is 76.6 Å². The van der Waals surface area contributed by atoms with Crippen LogP contribution in [0.2, 0.25) is 5.02 Å². The smallest absolute Gasteiger partial charge is 0.371 e. The molecule has 166 valence electrons. The van der Waals surface area contributed by atoms with Gasteiger partial charge in [-0.2, -0.15) is 18.2 Å². The second kappa shape index (κ2) is 8.30. The molecular weight excluding hydrogens is 456 g/mol. The van der Waals surface area contributed by atoms with Crippen LogP contribution in [0.1, 0.15) is 5.56 Å². The van der Waals surface area contributed by atoms with E-state index >= 15 is 0 Å². The van der Waals surface area contributed by atoms with Crippen molar-refractivity contribution in [1.82, 2.24) is 15.9 Å². The van der Waals surface area contributed by atoms with Gasteiger partial charge in [0.25, 0.3) is 0 Å². The Hall–Kier alpha value is -3.93. The number of hydrazine groups is 1. The molecule has 4 N–H and O–H groups in total. The molecule has 0 unspecified atom stereocenters. The fraction of sp³-hybridized carbons (Fsp3) is 0.0526. The summed E-state index contributed by atoms with van der Waals surface area (Å²) in [6.45, 7) is 0. The van der Waals surface area contributed by atoms with Crippen LogP contribution in [0.15, 0.2) is 65.2 Å². The number of nitrogens with one attached hydrogen (secondary N) is 4. The molecule has 0 atom stereocenters. The highest BCUT2D eigenvalue weighted by molar-refractivity contribution is 6.31. The number of carbonyl (C=O) groups excluding carboxylic acids is 1. The van der Waals surface area contributed by atoms with E-state index in [2.05, 4.69) is 26.5 Å². The standard InChI is InChI=1S/C19H13ClF4N6O2/c20-13-3-1-10(5-12(13)19(22,23)24)27-18(31)28-11-2-4-17(14(21)6-11)32-30-9-25-7-15-16(30)8-26-29-15/h1-9,26,29H,(H2,27,28,31). The largest absolute Gasteiger partial charge is 0.417 e. The van der Waals surface area contributed by atoms with Gasteiger partial charge in [-0.1, -0.05) is 11.6 Å². The van der Waals surface area contributed by atoms with Gasteiger partial charge < -0.3 is 20.9 Å². The summed E-state index contributed by atoms with van der Waals surface area (Å²) in [4.78, 5) is 21.6. The first-order valence-corrected chi connectivity index (χ1v) is 9.25. The topological polar surface area (TPSA) is 90.0 Å². The third-order valence-electron chi connectivity index (χ3n) is 4.22.